The summed E-state index contributed by atoms with van der Waals surface area (Å²) in [6.45, 7) is 5.14. The maximum absolute atomic E-state index is 11.9. The zero-order valence-corrected chi connectivity index (χ0v) is 11.5. The zero-order chi connectivity index (χ0) is 13.6. The molecule has 0 heterocycles. The molecule has 4 nitrogen and oxygen atoms in total. The highest BCUT2D eigenvalue weighted by Gasteiger charge is 2.34. The van der Waals surface area contributed by atoms with Gasteiger partial charge < -0.3 is 11.1 Å². The van der Waals surface area contributed by atoms with Crippen LogP contribution in [0.1, 0.15) is 52.4 Å². The average Bonchev–Trinajstić information content (AvgIpc) is 2.35. The summed E-state index contributed by atoms with van der Waals surface area (Å²) in [5.41, 5.74) is 5.18. The van der Waals surface area contributed by atoms with E-state index in [0.29, 0.717) is 18.8 Å². The molecule has 0 bridgehead atoms. The van der Waals surface area contributed by atoms with Gasteiger partial charge in [-0.05, 0) is 44.4 Å². The predicted octanol–water partition coefficient (Wildman–Crippen LogP) is 1.95. The molecule has 1 saturated carbocycles. The maximum atomic E-state index is 11.9. The van der Waals surface area contributed by atoms with Crippen LogP contribution < -0.4 is 11.1 Å². The smallest absolute Gasteiger partial charge is 0.223 e. The fraction of sp³-hybridized carbons (Fsp3) is 0.857. The van der Waals surface area contributed by atoms with E-state index < -0.39 is 5.54 Å². The van der Waals surface area contributed by atoms with E-state index in [1.807, 2.05) is 0 Å². The molecule has 18 heavy (non-hydrogen) atoms. The maximum Gasteiger partial charge on any atom is 0.223 e. The third-order valence-electron chi connectivity index (χ3n) is 3.73. The first-order valence-electron chi connectivity index (χ1n) is 6.95. The number of nitriles is 1. The van der Waals surface area contributed by atoms with Crippen molar-refractivity contribution in [3.63, 3.8) is 0 Å². The zero-order valence-electron chi connectivity index (χ0n) is 11.5. The van der Waals surface area contributed by atoms with Crippen molar-refractivity contribution in [3.05, 3.63) is 0 Å². The number of carbonyl (C=O) groups excluding carboxylic acids is 1. The van der Waals surface area contributed by atoms with Crippen molar-refractivity contribution in [1.82, 2.24) is 5.32 Å². The minimum atomic E-state index is -0.700. The molecule has 102 valence electrons. The van der Waals surface area contributed by atoms with E-state index in [2.05, 4.69) is 25.2 Å². The molecule has 0 saturated heterocycles. The van der Waals surface area contributed by atoms with Gasteiger partial charge in [0.05, 0.1) is 6.07 Å². The van der Waals surface area contributed by atoms with Crippen molar-refractivity contribution in [1.29, 1.82) is 5.26 Å². The molecule has 0 aliphatic heterocycles. The summed E-state index contributed by atoms with van der Waals surface area (Å²) in [7, 11) is 0. The number of hydrogen-bond acceptors (Lipinski definition) is 3. The van der Waals surface area contributed by atoms with Crippen LogP contribution in [0.3, 0.4) is 0 Å². The number of amides is 1. The molecule has 0 aromatic carbocycles. The fourth-order valence-corrected chi connectivity index (χ4v) is 2.37. The highest BCUT2D eigenvalue weighted by atomic mass is 16.1. The molecule has 4 heteroatoms. The van der Waals surface area contributed by atoms with Gasteiger partial charge in [0.2, 0.25) is 5.91 Å². The first kappa shape index (κ1) is 15.0. The van der Waals surface area contributed by atoms with Crippen molar-refractivity contribution in [2.24, 2.45) is 17.6 Å². The lowest BCUT2D eigenvalue weighted by atomic mass is 9.77. The van der Waals surface area contributed by atoms with Crippen LogP contribution in [0.4, 0.5) is 0 Å². The summed E-state index contributed by atoms with van der Waals surface area (Å²) in [5.74, 6) is 0.873. The van der Waals surface area contributed by atoms with E-state index >= 15 is 0 Å². The molecule has 0 spiro atoms. The van der Waals surface area contributed by atoms with E-state index in [1.165, 1.54) is 0 Å². The van der Waals surface area contributed by atoms with Gasteiger partial charge in [0, 0.05) is 12.5 Å². The second-order valence-corrected chi connectivity index (χ2v) is 5.87. The van der Waals surface area contributed by atoms with Gasteiger partial charge in [0.25, 0.3) is 0 Å². The SMILES string of the molecule is CC(C)CCCNC(=O)C1CCC(N)(C#N)CC1. The molecule has 0 aromatic heterocycles. The third-order valence-corrected chi connectivity index (χ3v) is 3.73. The lowest BCUT2D eigenvalue weighted by Gasteiger charge is -2.31. The highest BCUT2D eigenvalue weighted by molar-refractivity contribution is 5.78. The van der Waals surface area contributed by atoms with Crippen LogP contribution in [0.15, 0.2) is 0 Å². The Labute approximate surface area is 110 Å². The van der Waals surface area contributed by atoms with Gasteiger partial charge in [-0.15, -0.1) is 0 Å². The van der Waals surface area contributed by atoms with Gasteiger partial charge in [0.1, 0.15) is 5.54 Å². The fourth-order valence-electron chi connectivity index (χ4n) is 2.37. The molecule has 0 atom stereocenters. The van der Waals surface area contributed by atoms with Gasteiger partial charge in [-0.1, -0.05) is 13.8 Å². The van der Waals surface area contributed by atoms with Gasteiger partial charge in [-0.3, -0.25) is 4.79 Å². The number of carbonyl (C=O) groups is 1. The molecule has 0 unspecified atom stereocenters. The second kappa shape index (κ2) is 6.75. The monoisotopic (exact) mass is 251 g/mol. The number of rotatable bonds is 5. The number of hydrogen-bond donors (Lipinski definition) is 2. The Bertz CT molecular complexity index is 311. The van der Waals surface area contributed by atoms with Gasteiger partial charge in [-0.2, -0.15) is 5.26 Å². The second-order valence-electron chi connectivity index (χ2n) is 5.87. The van der Waals surface area contributed by atoms with Crippen molar-refractivity contribution >= 4 is 5.91 Å². The van der Waals surface area contributed by atoms with E-state index in [4.69, 9.17) is 11.0 Å². The predicted molar refractivity (Wildman–Crippen MR) is 71.6 cm³/mol. The van der Waals surface area contributed by atoms with Crippen LogP contribution in [0.2, 0.25) is 0 Å². The molecule has 0 radical (unpaired) electrons. The average molecular weight is 251 g/mol. The Balaban J connectivity index is 2.22. The molecule has 1 aliphatic carbocycles. The van der Waals surface area contributed by atoms with Gasteiger partial charge in [0.15, 0.2) is 0 Å². The molecule has 1 rings (SSSR count). The van der Waals surface area contributed by atoms with Crippen LogP contribution in [0.5, 0.6) is 0 Å². The van der Waals surface area contributed by atoms with Crippen LogP contribution >= 0.6 is 0 Å². The Morgan fingerprint density at radius 3 is 2.61 bits per heavy atom. The third kappa shape index (κ3) is 4.66. The quantitative estimate of drug-likeness (QED) is 0.733. The first-order chi connectivity index (χ1) is 8.47. The summed E-state index contributed by atoms with van der Waals surface area (Å²) >= 11 is 0. The molecule has 1 fully saturated rings. The number of nitrogens with two attached hydrogens (primary N) is 1. The van der Waals surface area contributed by atoms with Crippen LogP contribution in [0.25, 0.3) is 0 Å². The lowest BCUT2D eigenvalue weighted by molar-refractivity contribution is -0.126. The largest absolute Gasteiger partial charge is 0.356 e. The minimum Gasteiger partial charge on any atom is -0.356 e. The number of nitrogens with zero attached hydrogens (tertiary/aromatic N) is 1. The molecule has 1 amide bonds. The van der Waals surface area contributed by atoms with E-state index in [9.17, 15) is 4.79 Å². The van der Waals surface area contributed by atoms with Crippen LogP contribution in [-0.4, -0.2) is 18.0 Å². The van der Waals surface area contributed by atoms with Crippen molar-refractivity contribution < 1.29 is 4.79 Å². The Hall–Kier alpha value is -1.08. The van der Waals surface area contributed by atoms with E-state index in [0.717, 1.165) is 32.2 Å². The lowest BCUT2D eigenvalue weighted by Crippen LogP contribution is -2.44. The van der Waals surface area contributed by atoms with Crippen molar-refractivity contribution in [2.45, 2.75) is 57.9 Å². The summed E-state index contributed by atoms with van der Waals surface area (Å²) < 4.78 is 0. The summed E-state index contributed by atoms with van der Waals surface area (Å²) in [4.78, 5) is 11.9. The molecular weight excluding hydrogens is 226 g/mol. The van der Waals surface area contributed by atoms with Crippen LogP contribution in [-0.2, 0) is 4.79 Å². The van der Waals surface area contributed by atoms with Crippen molar-refractivity contribution in [3.8, 4) is 6.07 Å². The van der Waals surface area contributed by atoms with Gasteiger partial charge >= 0.3 is 0 Å². The number of nitrogens with one attached hydrogen (secondary N) is 1. The molecular formula is C14H25N3O. The normalized spacial score (nSPS) is 27.8. The van der Waals surface area contributed by atoms with E-state index in [-0.39, 0.29) is 11.8 Å². The summed E-state index contributed by atoms with van der Waals surface area (Å²) in [6, 6.07) is 2.15. The Kier molecular flexibility index (Phi) is 5.61. The molecule has 1 aliphatic rings. The Morgan fingerprint density at radius 2 is 2.11 bits per heavy atom. The van der Waals surface area contributed by atoms with Crippen LogP contribution in [0, 0.1) is 23.2 Å². The van der Waals surface area contributed by atoms with Gasteiger partial charge in [-0.25, -0.2) is 0 Å². The standard InChI is InChI=1S/C14H25N3O/c1-11(2)4-3-9-17-13(18)12-5-7-14(16,10-15)8-6-12/h11-12H,3-9,16H2,1-2H3,(H,17,18). The van der Waals surface area contributed by atoms with E-state index in [1.54, 1.807) is 0 Å². The van der Waals surface area contributed by atoms with Crippen molar-refractivity contribution in [2.75, 3.05) is 6.54 Å². The molecule has 0 aromatic rings. The highest BCUT2D eigenvalue weighted by Crippen LogP contribution is 2.29. The summed E-state index contributed by atoms with van der Waals surface area (Å²) in [6.07, 6.45) is 4.92. The Morgan fingerprint density at radius 1 is 1.50 bits per heavy atom. The minimum absolute atomic E-state index is 0.0501. The topological polar surface area (TPSA) is 78.9 Å². The molecule has 3 N–H and O–H groups in total. The summed E-state index contributed by atoms with van der Waals surface area (Å²) in [5, 5.41) is 11.9. The first-order valence-corrected chi connectivity index (χ1v) is 6.95.